The lowest BCUT2D eigenvalue weighted by Gasteiger charge is -2.09. The molecule has 0 saturated heterocycles. The highest BCUT2D eigenvalue weighted by atomic mass is 16.5. The maximum Gasteiger partial charge on any atom is 0.268 e. The fourth-order valence-corrected chi connectivity index (χ4v) is 2.83. The second kappa shape index (κ2) is 7.82. The van der Waals surface area contributed by atoms with Crippen molar-refractivity contribution in [3.8, 4) is 11.5 Å². The number of fused-ring (bicyclic) bond motifs is 1. The Balaban J connectivity index is 1.65. The lowest BCUT2D eigenvalue weighted by molar-refractivity contribution is -0.115. The average Bonchev–Trinajstić information content (AvgIpc) is 3.02. The summed E-state index contributed by atoms with van der Waals surface area (Å²) in [5.41, 5.74) is 1.97. The van der Waals surface area contributed by atoms with Crippen LogP contribution in [0, 0.1) is 0 Å². The highest BCUT2D eigenvalue weighted by Crippen LogP contribution is 2.23. The quantitative estimate of drug-likeness (QED) is 0.702. The Labute approximate surface area is 156 Å². The van der Waals surface area contributed by atoms with Crippen LogP contribution in [0.1, 0.15) is 10.5 Å². The van der Waals surface area contributed by atoms with Crippen LogP contribution in [0.5, 0.6) is 11.5 Å². The van der Waals surface area contributed by atoms with Crippen LogP contribution in [0.15, 0.2) is 48.5 Å². The molecule has 0 spiro atoms. The average molecular weight is 367 g/mol. The van der Waals surface area contributed by atoms with E-state index >= 15 is 0 Å². The molecule has 2 aromatic carbocycles. The Morgan fingerprint density at radius 1 is 1.00 bits per heavy atom. The van der Waals surface area contributed by atoms with Gasteiger partial charge in [0.1, 0.15) is 17.2 Å². The number of anilines is 1. The molecule has 0 aliphatic heterocycles. The largest absolute Gasteiger partial charge is 0.497 e. The van der Waals surface area contributed by atoms with Crippen molar-refractivity contribution in [2.75, 3.05) is 26.1 Å². The van der Waals surface area contributed by atoms with E-state index in [1.165, 1.54) is 0 Å². The fraction of sp³-hybridized carbons (Fsp3) is 0.200. The number of nitrogens with one attached hydrogen (secondary N) is 2. The van der Waals surface area contributed by atoms with Gasteiger partial charge in [-0.15, -0.1) is 0 Å². The number of benzene rings is 2. The Bertz CT molecular complexity index is 994. The van der Waals surface area contributed by atoms with Gasteiger partial charge in [0.25, 0.3) is 5.91 Å². The number of nitrogens with zero attached hydrogens (tertiary/aromatic N) is 1. The summed E-state index contributed by atoms with van der Waals surface area (Å²) in [7, 11) is 4.96. The van der Waals surface area contributed by atoms with E-state index in [1.54, 1.807) is 56.2 Å². The number of carbonyl (C=O) groups is 2. The lowest BCUT2D eigenvalue weighted by atomic mass is 10.2. The van der Waals surface area contributed by atoms with Crippen molar-refractivity contribution in [2.24, 2.45) is 7.05 Å². The van der Waals surface area contributed by atoms with Crippen LogP contribution >= 0.6 is 0 Å². The topological polar surface area (TPSA) is 81.6 Å². The van der Waals surface area contributed by atoms with Crippen molar-refractivity contribution < 1.29 is 19.1 Å². The standard InChI is InChI=1S/C20H21N3O4/c1-23-17-8-7-16(27-3)9-13(17)10-18(23)20(25)21-12-19(24)22-14-5-4-6-15(11-14)26-2/h4-11H,12H2,1-3H3,(H,21,25)(H,22,24). The predicted octanol–water partition coefficient (Wildman–Crippen LogP) is 2.56. The van der Waals surface area contributed by atoms with E-state index in [2.05, 4.69) is 10.6 Å². The van der Waals surface area contributed by atoms with Crippen molar-refractivity contribution in [2.45, 2.75) is 0 Å². The van der Waals surface area contributed by atoms with Crippen molar-refractivity contribution >= 4 is 28.4 Å². The molecule has 0 aliphatic carbocycles. The molecule has 7 heteroatoms. The first-order valence-corrected chi connectivity index (χ1v) is 8.37. The number of rotatable bonds is 6. The Morgan fingerprint density at radius 2 is 1.74 bits per heavy atom. The third kappa shape index (κ3) is 4.03. The van der Waals surface area contributed by atoms with Crippen molar-refractivity contribution in [3.05, 3.63) is 54.2 Å². The van der Waals surface area contributed by atoms with E-state index in [9.17, 15) is 9.59 Å². The third-order valence-corrected chi connectivity index (χ3v) is 4.25. The molecule has 0 fully saturated rings. The zero-order valence-corrected chi connectivity index (χ0v) is 15.4. The van der Waals surface area contributed by atoms with Gasteiger partial charge in [0.05, 0.1) is 20.8 Å². The predicted molar refractivity (Wildman–Crippen MR) is 103 cm³/mol. The number of hydrogen-bond acceptors (Lipinski definition) is 4. The number of amides is 2. The summed E-state index contributed by atoms with van der Waals surface area (Å²) in [5, 5.41) is 6.26. The van der Waals surface area contributed by atoms with E-state index in [0.29, 0.717) is 17.1 Å². The minimum atomic E-state index is -0.326. The lowest BCUT2D eigenvalue weighted by Crippen LogP contribution is -2.33. The fourth-order valence-electron chi connectivity index (χ4n) is 2.83. The molecule has 0 radical (unpaired) electrons. The Morgan fingerprint density at radius 3 is 2.48 bits per heavy atom. The monoisotopic (exact) mass is 367 g/mol. The van der Waals surface area contributed by atoms with Gasteiger partial charge in [0.15, 0.2) is 0 Å². The molecule has 1 heterocycles. The number of aromatic nitrogens is 1. The first-order chi connectivity index (χ1) is 13.0. The SMILES string of the molecule is COc1cccc(NC(=O)CNC(=O)c2cc3cc(OC)ccc3n2C)c1. The van der Waals surface area contributed by atoms with Gasteiger partial charge in [-0.3, -0.25) is 9.59 Å². The molecule has 0 aliphatic rings. The molecule has 7 nitrogen and oxygen atoms in total. The molecule has 0 atom stereocenters. The summed E-state index contributed by atoms with van der Waals surface area (Å²) in [5.74, 6) is 0.714. The van der Waals surface area contributed by atoms with Crippen molar-refractivity contribution in [1.29, 1.82) is 0 Å². The van der Waals surface area contributed by atoms with E-state index in [4.69, 9.17) is 9.47 Å². The highest BCUT2D eigenvalue weighted by Gasteiger charge is 2.15. The number of aryl methyl sites for hydroxylation is 1. The molecule has 0 unspecified atom stereocenters. The first kappa shape index (κ1) is 18.3. The minimum Gasteiger partial charge on any atom is -0.497 e. The summed E-state index contributed by atoms with van der Waals surface area (Å²) in [6.45, 7) is -0.138. The zero-order valence-electron chi connectivity index (χ0n) is 15.4. The van der Waals surface area contributed by atoms with Crippen molar-refractivity contribution in [1.82, 2.24) is 9.88 Å². The summed E-state index contributed by atoms with van der Waals surface area (Å²) in [6, 6.07) is 14.4. The Kier molecular flexibility index (Phi) is 5.30. The van der Waals surface area contributed by atoms with E-state index in [0.717, 1.165) is 16.7 Å². The van der Waals surface area contributed by atoms with Gasteiger partial charge < -0.3 is 24.7 Å². The van der Waals surface area contributed by atoms with Gasteiger partial charge in [0, 0.05) is 29.7 Å². The highest BCUT2D eigenvalue weighted by molar-refractivity contribution is 6.01. The molecular weight excluding hydrogens is 346 g/mol. The third-order valence-electron chi connectivity index (χ3n) is 4.25. The number of ether oxygens (including phenoxy) is 2. The molecule has 3 rings (SSSR count). The molecule has 2 N–H and O–H groups in total. The van der Waals surface area contributed by atoms with Crippen LogP contribution in [-0.2, 0) is 11.8 Å². The molecule has 27 heavy (non-hydrogen) atoms. The van der Waals surface area contributed by atoms with Gasteiger partial charge >= 0.3 is 0 Å². The Hall–Kier alpha value is -3.48. The molecule has 140 valence electrons. The molecule has 0 bridgehead atoms. The van der Waals surface area contributed by atoms with Gasteiger partial charge in [0.2, 0.25) is 5.91 Å². The van der Waals surface area contributed by atoms with Gasteiger partial charge in [-0.1, -0.05) is 6.07 Å². The van der Waals surface area contributed by atoms with Gasteiger partial charge in [-0.25, -0.2) is 0 Å². The number of carbonyl (C=O) groups excluding carboxylic acids is 2. The molecule has 3 aromatic rings. The van der Waals surface area contributed by atoms with Crippen LogP contribution in [-0.4, -0.2) is 37.1 Å². The van der Waals surface area contributed by atoms with E-state index < -0.39 is 0 Å². The molecule has 0 saturated carbocycles. The first-order valence-electron chi connectivity index (χ1n) is 8.37. The van der Waals surface area contributed by atoms with Crippen LogP contribution in [0.2, 0.25) is 0 Å². The second-order valence-electron chi connectivity index (χ2n) is 5.98. The van der Waals surface area contributed by atoms with Gasteiger partial charge in [-0.2, -0.15) is 0 Å². The molecule has 2 amide bonds. The molecular formula is C20H21N3O4. The summed E-state index contributed by atoms with van der Waals surface area (Å²) in [4.78, 5) is 24.6. The maximum atomic E-state index is 12.5. The van der Waals surface area contributed by atoms with E-state index in [1.807, 2.05) is 18.2 Å². The van der Waals surface area contributed by atoms with Gasteiger partial charge in [-0.05, 0) is 36.4 Å². The van der Waals surface area contributed by atoms with Crippen LogP contribution in [0.3, 0.4) is 0 Å². The molecule has 1 aromatic heterocycles. The number of hydrogen-bond donors (Lipinski definition) is 2. The van der Waals surface area contributed by atoms with Crippen molar-refractivity contribution in [3.63, 3.8) is 0 Å². The van der Waals surface area contributed by atoms with Crippen LogP contribution in [0.4, 0.5) is 5.69 Å². The normalized spacial score (nSPS) is 10.5. The number of methoxy groups -OCH3 is 2. The van der Waals surface area contributed by atoms with E-state index in [-0.39, 0.29) is 18.4 Å². The summed E-state index contributed by atoms with van der Waals surface area (Å²) >= 11 is 0. The zero-order chi connectivity index (χ0) is 19.4. The summed E-state index contributed by atoms with van der Waals surface area (Å²) in [6.07, 6.45) is 0. The maximum absolute atomic E-state index is 12.5. The second-order valence-corrected chi connectivity index (χ2v) is 5.98. The summed E-state index contributed by atoms with van der Waals surface area (Å²) < 4.78 is 12.1. The smallest absolute Gasteiger partial charge is 0.268 e. The van der Waals surface area contributed by atoms with Crippen LogP contribution in [0.25, 0.3) is 10.9 Å². The minimum absolute atomic E-state index is 0.138. The van der Waals surface area contributed by atoms with Crippen LogP contribution < -0.4 is 20.1 Å².